The maximum absolute atomic E-state index is 13.4. The van der Waals surface area contributed by atoms with Crippen molar-refractivity contribution < 1.29 is 8.78 Å². The number of rotatable bonds is 4. The summed E-state index contributed by atoms with van der Waals surface area (Å²) < 4.78 is 26.5. The summed E-state index contributed by atoms with van der Waals surface area (Å²) in [6, 6.07) is 2.31. The molecule has 0 saturated carbocycles. The van der Waals surface area contributed by atoms with Crippen LogP contribution in [0.5, 0.6) is 0 Å². The number of benzene rings is 1. The molecule has 1 N–H and O–H groups in total. The predicted octanol–water partition coefficient (Wildman–Crippen LogP) is 4.18. The topological polar surface area (TPSA) is 15.8 Å². The van der Waals surface area contributed by atoms with Gasteiger partial charge in [-0.3, -0.25) is 0 Å². The number of nitrogens with one attached hydrogen (secondary N) is 1. The van der Waals surface area contributed by atoms with Crippen LogP contribution in [0.3, 0.4) is 0 Å². The lowest BCUT2D eigenvalue weighted by Crippen LogP contribution is -1.85. The molecule has 0 bridgehead atoms. The first-order chi connectivity index (χ1) is 7.72. The maximum Gasteiger partial charge on any atom is 0.150 e. The van der Waals surface area contributed by atoms with Gasteiger partial charge in [0.25, 0.3) is 0 Å². The van der Waals surface area contributed by atoms with Crippen LogP contribution in [0.4, 0.5) is 8.78 Å². The average Bonchev–Trinajstić information content (AvgIpc) is 2.62. The van der Waals surface area contributed by atoms with Crippen molar-refractivity contribution in [3.63, 3.8) is 0 Å². The van der Waals surface area contributed by atoms with Gasteiger partial charge in [-0.05, 0) is 24.5 Å². The third kappa shape index (κ3) is 2.08. The second-order valence-corrected chi connectivity index (χ2v) is 4.08. The van der Waals surface area contributed by atoms with E-state index >= 15 is 0 Å². The number of aromatic amines is 1. The molecule has 0 aliphatic heterocycles. The number of hydrogen-bond acceptors (Lipinski definition) is 0. The van der Waals surface area contributed by atoms with Crippen LogP contribution < -0.4 is 0 Å². The van der Waals surface area contributed by atoms with Crippen molar-refractivity contribution in [3.8, 4) is 0 Å². The van der Waals surface area contributed by atoms with Crippen molar-refractivity contribution in [2.75, 3.05) is 0 Å². The van der Waals surface area contributed by atoms with E-state index in [0.717, 1.165) is 37.3 Å². The molecule has 0 amide bonds. The highest BCUT2D eigenvalue weighted by molar-refractivity contribution is 5.83. The summed E-state index contributed by atoms with van der Waals surface area (Å²) in [4.78, 5) is 2.87. The molecule has 0 spiro atoms. The summed E-state index contributed by atoms with van der Waals surface area (Å²) in [5.74, 6) is -1.03. The zero-order valence-corrected chi connectivity index (χ0v) is 9.32. The highest BCUT2D eigenvalue weighted by Gasteiger charge is 2.09. The molecule has 0 unspecified atom stereocenters. The van der Waals surface area contributed by atoms with Crippen molar-refractivity contribution in [1.29, 1.82) is 0 Å². The number of halogens is 2. The van der Waals surface area contributed by atoms with Gasteiger partial charge < -0.3 is 4.98 Å². The van der Waals surface area contributed by atoms with Crippen LogP contribution in [0.25, 0.3) is 10.9 Å². The van der Waals surface area contributed by atoms with Crippen molar-refractivity contribution in [3.05, 3.63) is 35.5 Å². The van der Waals surface area contributed by atoms with Crippen molar-refractivity contribution >= 4 is 10.9 Å². The lowest BCUT2D eigenvalue weighted by molar-refractivity contribution is 0.591. The Hall–Kier alpha value is -1.38. The highest BCUT2D eigenvalue weighted by Crippen LogP contribution is 2.23. The van der Waals surface area contributed by atoms with Gasteiger partial charge in [0.15, 0.2) is 0 Å². The Balaban J connectivity index is 2.32. The van der Waals surface area contributed by atoms with Gasteiger partial charge in [-0.15, -0.1) is 0 Å². The van der Waals surface area contributed by atoms with E-state index in [4.69, 9.17) is 0 Å². The molecule has 1 nitrogen and oxygen atoms in total. The number of hydrogen-bond donors (Lipinski definition) is 1. The SMILES string of the molecule is CCCCCc1c[nH]c2c(F)cc(F)cc12. The monoisotopic (exact) mass is 223 g/mol. The Bertz CT molecular complexity index is 488. The van der Waals surface area contributed by atoms with Crippen LogP contribution in [0.2, 0.25) is 0 Å². The van der Waals surface area contributed by atoms with Gasteiger partial charge >= 0.3 is 0 Å². The highest BCUT2D eigenvalue weighted by atomic mass is 19.1. The smallest absolute Gasteiger partial charge is 0.150 e. The summed E-state index contributed by atoms with van der Waals surface area (Å²) in [6.45, 7) is 2.13. The molecule has 1 aromatic carbocycles. The van der Waals surface area contributed by atoms with Crippen LogP contribution in [0.15, 0.2) is 18.3 Å². The van der Waals surface area contributed by atoms with E-state index in [1.54, 1.807) is 6.20 Å². The molecule has 1 heterocycles. The molecule has 0 aliphatic carbocycles. The van der Waals surface area contributed by atoms with Crippen LogP contribution in [-0.2, 0) is 6.42 Å². The first kappa shape index (κ1) is 11.1. The lowest BCUT2D eigenvalue weighted by Gasteiger charge is -1.99. The molecular formula is C13H15F2N. The van der Waals surface area contributed by atoms with Gasteiger partial charge in [-0.1, -0.05) is 19.8 Å². The predicted molar refractivity (Wildman–Crippen MR) is 61.4 cm³/mol. The zero-order valence-electron chi connectivity index (χ0n) is 9.32. The van der Waals surface area contributed by atoms with E-state index in [9.17, 15) is 8.78 Å². The minimum absolute atomic E-state index is 0.410. The number of fused-ring (bicyclic) bond motifs is 1. The third-order valence-electron chi connectivity index (χ3n) is 2.84. The number of unbranched alkanes of at least 4 members (excludes halogenated alkanes) is 2. The summed E-state index contributed by atoms with van der Waals surface area (Å²) in [6.07, 6.45) is 6.00. The zero-order chi connectivity index (χ0) is 11.5. The van der Waals surface area contributed by atoms with Crippen molar-refractivity contribution in [1.82, 2.24) is 4.98 Å². The van der Waals surface area contributed by atoms with E-state index in [0.29, 0.717) is 10.9 Å². The van der Waals surface area contributed by atoms with E-state index in [2.05, 4.69) is 11.9 Å². The Labute approximate surface area is 93.5 Å². The Morgan fingerprint density at radius 2 is 2.00 bits per heavy atom. The minimum atomic E-state index is -0.517. The van der Waals surface area contributed by atoms with Gasteiger partial charge in [0.05, 0.1) is 5.52 Å². The molecule has 1 aromatic heterocycles. The van der Waals surface area contributed by atoms with E-state index in [-0.39, 0.29) is 0 Å². The summed E-state index contributed by atoms with van der Waals surface area (Å²) in [5, 5.41) is 0.675. The van der Waals surface area contributed by atoms with Gasteiger partial charge in [0, 0.05) is 17.6 Å². The van der Waals surface area contributed by atoms with Gasteiger partial charge in [-0.2, -0.15) is 0 Å². The molecule has 0 saturated heterocycles. The number of aryl methyl sites for hydroxylation is 1. The quantitative estimate of drug-likeness (QED) is 0.748. The van der Waals surface area contributed by atoms with E-state index in [1.165, 1.54) is 6.07 Å². The molecule has 2 aromatic rings. The standard InChI is InChI=1S/C13H15F2N/c1-2-3-4-5-9-8-16-13-11(9)6-10(14)7-12(13)15/h6-8,16H,2-5H2,1H3. The fourth-order valence-corrected chi connectivity index (χ4v) is 1.98. The molecule has 0 atom stereocenters. The molecule has 16 heavy (non-hydrogen) atoms. The van der Waals surface area contributed by atoms with Gasteiger partial charge in [0.2, 0.25) is 0 Å². The van der Waals surface area contributed by atoms with Crippen LogP contribution in [0, 0.1) is 11.6 Å². The van der Waals surface area contributed by atoms with Crippen LogP contribution >= 0.6 is 0 Å². The minimum Gasteiger partial charge on any atom is -0.359 e. The molecule has 3 heteroatoms. The number of H-pyrrole nitrogens is 1. The first-order valence-electron chi connectivity index (χ1n) is 5.67. The van der Waals surface area contributed by atoms with Crippen molar-refractivity contribution in [2.45, 2.75) is 32.6 Å². The second-order valence-electron chi connectivity index (χ2n) is 4.08. The van der Waals surface area contributed by atoms with Crippen LogP contribution in [-0.4, -0.2) is 4.98 Å². The van der Waals surface area contributed by atoms with Crippen molar-refractivity contribution in [2.24, 2.45) is 0 Å². The lowest BCUT2D eigenvalue weighted by atomic mass is 10.1. The summed E-state index contributed by atoms with van der Waals surface area (Å²) >= 11 is 0. The molecule has 0 radical (unpaired) electrons. The summed E-state index contributed by atoms with van der Waals surface area (Å²) in [5.41, 5.74) is 1.41. The maximum atomic E-state index is 13.4. The third-order valence-corrected chi connectivity index (χ3v) is 2.84. The fourth-order valence-electron chi connectivity index (χ4n) is 1.98. The molecule has 0 aliphatic rings. The van der Waals surface area contributed by atoms with E-state index in [1.807, 2.05) is 0 Å². The first-order valence-corrected chi connectivity index (χ1v) is 5.67. The normalized spacial score (nSPS) is 11.2. The Morgan fingerprint density at radius 1 is 1.19 bits per heavy atom. The summed E-state index contributed by atoms with van der Waals surface area (Å²) in [7, 11) is 0. The largest absolute Gasteiger partial charge is 0.359 e. The Morgan fingerprint density at radius 3 is 2.75 bits per heavy atom. The van der Waals surface area contributed by atoms with Crippen LogP contribution in [0.1, 0.15) is 31.7 Å². The molecule has 86 valence electrons. The molecule has 2 rings (SSSR count). The fraction of sp³-hybridized carbons (Fsp3) is 0.385. The van der Waals surface area contributed by atoms with Gasteiger partial charge in [0.1, 0.15) is 11.6 Å². The number of aromatic nitrogens is 1. The Kier molecular flexibility index (Phi) is 3.22. The second kappa shape index (κ2) is 4.64. The average molecular weight is 223 g/mol. The van der Waals surface area contributed by atoms with E-state index < -0.39 is 11.6 Å². The molecular weight excluding hydrogens is 208 g/mol. The van der Waals surface area contributed by atoms with Gasteiger partial charge in [-0.25, -0.2) is 8.78 Å². The molecule has 0 fully saturated rings.